The van der Waals surface area contributed by atoms with E-state index in [1.54, 1.807) is 7.05 Å². The number of hydrogen-bond acceptors (Lipinski definition) is 3. The summed E-state index contributed by atoms with van der Waals surface area (Å²) >= 11 is 2.99. The van der Waals surface area contributed by atoms with Crippen molar-refractivity contribution in [1.82, 2.24) is 5.32 Å². The molecule has 0 fully saturated rings. The number of benzene rings is 1. The van der Waals surface area contributed by atoms with Gasteiger partial charge in [0, 0.05) is 4.47 Å². The predicted octanol–water partition coefficient (Wildman–Crippen LogP) is 2.47. The van der Waals surface area contributed by atoms with E-state index < -0.39 is 23.9 Å². The molecule has 1 aromatic rings. The van der Waals surface area contributed by atoms with Crippen molar-refractivity contribution < 1.29 is 23.4 Å². The summed E-state index contributed by atoms with van der Waals surface area (Å²) in [6, 6.07) is 2.94. The zero-order valence-corrected chi connectivity index (χ0v) is 11.8. The van der Waals surface area contributed by atoms with Crippen LogP contribution in [0.2, 0.25) is 0 Å². The van der Waals surface area contributed by atoms with Gasteiger partial charge in [-0.2, -0.15) is 13.2 Å². The topological polar surface area (TPSA) is 52.5 Å². The van der Waals surface area contributed by atoms with Crippen LogP contribution < -0.4 is 5.32 Å². The molecule has 0 aliphatic heterocycles. The van der Waals surface area contributed by atoms with Gasteiger partial charge in [-0.3, -0.25) is 0 Å². The molecule has 0 aromatic heterocycles. The molecule has 1 aromatic carbocycles. The summed E-state index contributed by atoms with van der Waals surface area (Å²) in [4.78, 5) is 0. The lowest BCUT2D eigenvalue weighted by Gasteiger charge is -2.20. The lowest BCUT2D eigenvalue weighted by atomic mass is 10.0. The summed E-state index contributed by atoms with van der Waals surface area (Å²) in [6.07, 6.45) is -6.41. The van der Waals surface area contributed by atoms with Crippen LogP contribution in [0.3, 0.4) is 0 Å². The number of aliphatic hydroxyl groups is 2. The van der Waals surface area contributed by atoms with Gasteiger partial charge in [-0.25, -0.2) is 0 Å². The monoisotopic (exact) mass is 341 g/mol. The highest BCUT2D eigenvalue weighted by Gasteiger charge is 2.31. The van der Waals surface area contributed by atoms with Gasteiger partial charge in [-0.1, -0.05) is 22.0 Å². The van der Waals surface area contributed by atoms with Crippen LogP contribution in [0.1, 0.15) is 23.7 Å². The molecule has 7 heteroatoms. The third kappa shape index (κ3) is 4.45. The third-order valence-electron chi connectivity index (χ3n) is 2.70. The Bertz CT molecular complexity index is 426. The average Bonchev–Trinajstić information content (AvgIpc) is 2.33. The molecule has 19 heavy (non-hydrogen) atoms. The molecular weight excluding hydrogens is 327 g/mol. The minimum absolute atomic E-state index is 0.123. The van der Waals surface area contributed by atoms with E-state index in [0.717, 1.165) is 12.1 Å². The first-order chi connectivity index (χ1) is 8.77. The van der Waals surface area contributed by atoms with Gasteiger partial charge in [0.15, 0.2) is 0 Å². The van der Waals surface area contributed by atoms with Crippen molar-refractivity contribution in [1.29, 1.82) is 0 Å². The first kappa shape index (κ1) is 16.4. The number of aliphatic hydroxyl groups excluding tert-OH is 2. The second kappa shape index (κ2) is 6.69. The van der Waals surface area contributed by atoms with E-state index in [9.17, 15) is 23.4 Å². The number of rotatable bonds is 5. The molecule has 1 rings (SSSR count). The maximum absolute atomic E-state index is 12.5. The Labute approximate surface area is 117 Å². The smallest absolute Gasteiger partial charge is 0.390 e. The van der Waals surface area contributed by atoms with Crippen molar-refractivity contribution in [3.8, 4) is 0 Å². The third-order valence-corrected chi connectivity index (χ3v) is 3.39. The van der Waals surface area contributed by atoms with Crippen molar-refractivity contribution in [3.05, 3.63) is 33.8 Å². The minimum atomic E-state index is -4.43. The zero-order valence-electron chi connectivity index (χ0n) is 10.2. The van der Waals surface area contributed by atoms with Gasteiger partial charge in [0.1, 0.15) is 6.10 Å². The van der Waals surface area contributed by atoms with E-state index in [1.165, 1.54) is 6.07 Å². The molecule has 3 N–H and O–H groups in total. The van der Waals surface area contributed by atoms with Crippen LogP contribution in [0, 0.1) is 0 Å². The van der Waals surface area contributed by atoms with E-state index in [2.05, 4.69) is 21.2 Å². The second-order valence-corrected chi connectivity index (χ2v) is 4.99. The lowest BCUT2D eigenvalue weighted by molar-refractivity contribution is -0.137. The van der Waals surface area contributed by atoms with Crippen molar-refractivity contribution in [2.24, 2.45) is 0 Å². The average molecular weight is 342 g/mol. The highest BCUT2D eigenvalue weighted by atomic mass is 79.9. The first-order valence-corrected chi connectivity index (χ1v) is 6.44. The minimum Gasteiger partial charge on any atom is -0.390 e. The van der Waals surface area contributed by atoms with Gasteiger partial charge in [0.2, 0.25) is 0 Å². The molecule has 0 saturated heterocycles. The van der Waals surface area contributed by atoms with E-state index in [4.69, 9.17) is 0 Å². The highest BCUT2D eigenvalue weighted by Crippen LogP contribution is 2.34. The molecule has 0 saturated carbocycles. The molecule has 0 bridgehead atoms. The molecule has 2 atom stereocenters. The van der Waals surface area contributed by atoms with Crippen LogP contribution in [-0.2, 0) is 6.18 Å². The molecule has 3 nitrogen and oxygen atoms in total. The van der Waals surface area contributed by atoms with Crippen LogP contribution in [-0.4, -0.2) is 29.9 Å². The van der Waals surface area contributed by atoms with Crippen molar-refractivity contribution in [3.63, 3.8) is 0 Å². The van der Waals surface area contributed by atoms with Crippen LogP contribution in [0.15, 0.2) is 22.7 Å². The van der Waals surface area contributed by atoms with E-state index in [1.807, 2.05) is 0 Å². The van der Waals surface area contributed by atoms with Crippen molar-refractivity contribution in [2.75, 3.05) is 13.6 Å². The Morgan fingerprint density at radius 1 is 1.32 bits per heavy atom. The second-order valence-electron chi connectivity index (χ2n) is 4.14. The summed E-state index contributed by atoms with van der Waals surface area (Å²) in [5.41, 5.74) is -0.573. The van der Waals surface area contributed by atoms with Gasteiger partial charge in [-0.15, -0.1) is 0 Å². The Balaban J connectivity index is 2.90. The fraction of sp³-hybridized carbons (Fsp3) is 0.500. The summed E-state index contributed by atoms with van der Waals surface area (Å²) in [6.45, 7) is 0.497. The summed E-state index contributed by atoms with van der Waals surface area (Å²) < 4.78 is 37.6. The molecule has 0 aliphatic rings. The molecule has 0 amide bonds. The maximum Gasteiger partial charge on any atom is 0.416 e. The fourth-order valence-electron chi connectivity index (χ4n) is 1.60. The molecule has 0 aliphatic carbocycles. The first-order valence-electron chi connectivity index (χ1n) is 5.64. The molecule has 0 spiro atoms. The van der Waals surface area contributed by atoms with Crippen LogP contribution in [0.5, 0.6) is 0 Å². The normalized spacial score (nSPS) is 15.3. The highest BCUT2D eigenvalue weighted by molar-refractivity contribution is 9.10. The molecule has 0 radical (unpaired) electrons. The van der Waals surface area contributed by atoms with Gasteiger partial charge in [0.05, 0.1) is 11.7 Å². The van der Waals surface area contributed by atoms with E-state index in [-0.39, 0.29) is 10.0 Å². The Kier molecular flexibility index (Phi) is 5.79. The molecule has 0 heterocycles. The zero-order chi connectivity index (χ0) is 14.6. The van der Waals surface area contributed by atoms with Crippen molar-refractivity contribution in [2.45, 2.75) is 24.8 Å². The van der Waals surface area contributed by atoms with Gasteiger partial charge >= 0.3 is 6.18 Å². The number of nitrogens with one attached hydrogen (secondary N) is 1. The number of hydrogen-bond donors (Lipinski definition) is 3. The maximum atomic E-state index is 12.5. The molecule has 2 unspecified atom stereocenters. The standard InChI is InChI=1S/C12H15BrF3NO2/c1-17-5-4-10(18)11(19)8-3-2-7(6-9(8)13)12(14,15)16/h2-3,6,10-11,17-19H,4-5H2,1H3. The predicted molar refractivity (Wildman–Crippen MR) is 68.7 cm³/mol. The Hall–Kier alpha value is -0.630. The molecule has 108 valence electrons. The number of alkyl halides is 3. The van der Waals surface area contributed by atoms with E-state index >= 15 is 0 Å². The summed E-state index contributed by atoms with van der Waals surface area (Å²) in [7, 11) is 1.70. The SMILES string of the molecule is CNCCC(O)C(O)c1ccc(C(F)(F)F)cc1Br. The molecular formula is C12H15BrF3NO2. The van der Waals surface area contributed by atoms with Gasteiger partial charge in [-0.05, 0) is 37.7 Å². The van der Waals surface area contributed by atoms with Crippen LogP contribution in [0.25, 0.3) is 0 Å². The number of halogens is 4. The lowest BCUT2D eigenvalue weighted by Crippen LogP contribution is -2.23. The fourth-order valence-corrected chi connectivity index (χ4v) is 2.21. The van der Waals surface area contributed by atoms with Crippen LogP contribution >= 0.6 is 15.9 Å². The largest absolute Gasteiger partial charge is 0.416 e. The van der Waals surface area contributed by atoms with Crippen molar-refractivity contribution >= 4 is 15.9 Å². The summed E-state index contributed by atoms with van der Waals surface area (Å²) in [5.74, 6) is 0. The Morgan fingerprint density at radius 2 is 1.95 bits per heavy atom. The van der Waals surface area contributed by atoms with Crippen LogP contribution in [0.4, 0.5) is 13.2 Å². The quantitative estimate of drug-likeness (QED) is 0.771. The Morgan fingerprint density at radius 3 is 2.42 bits per heavy atom. The summed E-state index contributed by atoms with van der Waals surface area (Å²) in [5, 5.41) is 22.4. The van der Waals surface area contributed by atoms with Gasteiger partial charge in [0.25, 0.3) is 0 Å². The van der Waals surface area contributed by atoms with Gasteiger partial charge < -0.3 is 15.5 Å². The van der Waals surface area contributed by atoms with E-state index in [0.29, 0.717) is 13.0 Å².